The van der Waals surface area contributed by atoms with E-state index in [0.717, 1.165) is 17.8 Å². The lowest BCUT2D eigenvalue weighted by atomic mass is 10.2. The molecule has 1 amide bonds. The van der Waals surface area contributed by atoms with Crippen LogP contribution in [0.4, 0.5) is 5.95 Å². The number of carbonyl (C=O) groups is 1. The lowest BCUT2D eigenvalue weighted by Gasteiger charge is -2.02. The minimum atomic E-state index is -0.250. The molecule has 1 aromatic carbocycles. The summed E-state index contributed by atoms with van der Waals surface area (Å²) in [7, 11) is 0. The second-order valence-corrected chi connectivity index (χ2v) is 5.16. The van der Waals surface area contributed by atoms with E-state index >= 15 is 0 Å². The van der Waals surface area contributed by atoms with Crippen LogP contribution in [0.2, 0.25) is 0 Å². The molecule has 0 atom stereocenters. The number of benzene rings is 1. The van der Waals surface area contributed by atoms with Crippen LogP contribution < -0.4 is 5.32 Å². The molecule has 0 spiro atoms. The van der Waals surface area contributed by atoms with Gasteiger partial charge in [-0.2, -0.15) is 5.10 Å². The summed E-state index contributed by atoms with van der Waals surface area (Å²) >= 11 is 0. The summed E-state index contributed by atoms with van der Waals surface area (Å²) in [5.41, 5.74) is 2.48. The van der Waals surface area contributed by atoms with Crippen LogP contribution >= 0.6 is 0 Å². The Balaban J connectivity index is 1.69. The number of carbonyl (C=O) groups excluding carboxylic acids is 1. The van der Waals surface area contributed by atoms with E-state index in [2.05, 4.69) is 20.5 Å². The van der Waals surface area contributed by atoms with E-state index in [9.17, 15) is 4.79 Å². The monoisotopic (exact) mass is 310 g/mol. The van der Waals surface area contributed by atoms with E-state index in [0.29, 0.717) is 12.1 Å². The smallest absolute Gasteiger partial charge is 0.261 e. The number of nitrogens with one attached hydrogen (secondary N) is 1. The minimum Gasteiger partial charge on any atom is -0.289 e. The van der Waals surface area contributed by atoms with Gasteiger partial charge in [0, 0.05) is 12.2 Å². The molecule has 7 nitrogen and oxygen atoms in total. The molecule has 0 bridgehead atoms. The summed E-state index contributed by atoms with van der Waals surface area (Å²) in [6.45, 7) is 5.18. The van der Waals surface area contributed by atoms with Crippen molar-refractivity contribution < 1.29 is 4.79 Å². The Hall–Kier alpha value is -2.96. The fraction of sp³-hybridized carbons (Fsp3) is 0.250. The van der Waals surface area contributed by atoms with Crippen molar-refractivity contribution in [1.29, 1.82) is 0 Å². The fourth-order valence-electron chi connectivity index (χ4n) is 2.36. The zero-order valence-corrected chi connectivity index (χ0v) is 13.1. The molecule has 0 radical (unpaired) electrons. The van der Waals surface area contributed by atoms with Crippen LogP contribution in [0, 0.1) is 6.92 Å². The molecule has 0 unspecified atom stereocenters. The van der Waals surface area contributed by atoms with Crippen molar-refractivity contribution in [3.8, 4) is 0 Å². The van der Waals surface area contributed by atoms with Crippen molar-refractivity contribution in [2.75, 3.05) is 5.32 Å². The van der Waals surface area contributed by atoms with E-state index in [1.807, 2.05) is 44.2 Å². The van der Waals surface area contributed by atoms with Gasteiger partial charge in [-0.15, -0.1) is 5.10 Å². The number of aromatic nitrogens is 5. The van der Waals surface area contributed by atoms with Gasteiger partial charge in [-0.1, -0.05) is 30.3 Å². The van der Waals surface area contributed by atoms with Crippen molar-refractivity contribution in [2.45, 2.75) is 26.9 Å². The summed E-state index contributed by atoms with van der Waals surface area (Å²) in [6.07, 6.45) is 3.17. The molecule has 2 heterocycles. The van der Waals surface area contributed by atoms with Gasteiger partial charge < -0.3 is 0 Å². The Morgan fingerprint density at radius 3 is 2.74 bits per heavy atom. The fourth-order valence-corrected chi connectivity index (χ4v) is 2.36. The summed E-state index contributed by atoms with van der Waals surface area (Å²) in [5.74, 6) is 0.0363. The van der Waals surface area contributed by atoms with Gasteiger partial charge in [0.25, 0.3) is 5.91 Å². The summed E-state index contributed by atoms with van der Waals surface area (Å²) in [5, 5.41) is 11.1. The van der Waals surface area contributed by atoms with Crippen molar-refractivity contribution >= 4 is 11.9 Å². The molecule has 0 fully saturated rings. The molecule has 0 aliphatic heterocycles. The third-order valence-corrected chi connectivity index (χ3v) is 3.60. The van der Waals surface area contributed by atoms with Crippen LogP contribution in [-0.4, -0.2) is 30.5 Å². The minimum absolute atomic E-state index is 0.250. The molecule has 3 rings (SSSR count). The quantitative estimate of drug-likeness (QED) is 0.783. The molecular formula is C16H18N6O. The molecule has 2 aromatic heterocycles. The Bertz CT molecular complexity index is 805. The number of anilines is 1. The standard InChI is InChI=1S/C16H18N6O/c1-3-22-12(2)14(9-18-22)15(23)19-16-17-11-21(20-16)10-13-7-5-4-6-8-13/h4-9,11H,3,10H2,1-2H3,(H,19,20,23). The van der Waals surface area contributed by atoms with Crippen molar-refractivity contribution in [2.24, 2.45) is 0 Å². The average molecular weight is 310 g/mol. The van der Waals surface area contributed by atoms with Gasteiger partial charge in [0.2, 0.25) is 5.95 Å². The molecule has 3 aromatic rings. The van der Waals surface area contributed by atoms with Crippen LogP contribution in [0.15, 0.2) is 42.9 Å². The van der Waals surface area contributed by atoms with Crippen LogP contribution in [0.5, 0.6) is 0 Å². The van der Waals surface area contributed by atoms with Crippen molar-refractivity contribution in [3.63, 3.8) is 0 Å². The summed E-state index contributed by atoms with van der Waals surface area (Å²) in [4.78, 5) is 16.4. The highest BCUT2D eigenvalue weighted by molar-refractivity contribution is 6.03. The Kier molecular flexibility index (Phi) is 4.18. The van der Waals surface area contributed by atoms with Gasteiger partial charge in [-0.3, -0.25) is 14.8 Å². The molecular weight excluding hydrogens is 292 g/mol. The van der Waals surface area contributed by atoms with Gasteiger partial charge in [-0.25, -0.2) is 9.67 Å². The number of hydrogen-bond acceptors (Lipinski definition) is 4. The number of hydrogen-bond donors (Lipinski definition) is 1. The summed E-state index contributed by atoms with van der Waals surface area (Å²) < 4.78 is 3.46. The number of aryl methyl sites for hydroxylation is 1. The number of amides is 1. The Morgan fingerprint density at radius 2 is 2.04 bits per heavy atom. The molecule has 23 heavy (non-hydrogen) atoms. The molecule has 0 aliphatic rings. The Labute approximate surface area is 134 Å². The van der Waals surface area contributed by atoms with Crippen LogP contribution in [0.1, 0.15) is 28.5 Å². The first kappa shape index (κ1) is 15.0. The van der Waals surface area contributed by atoms with Gasteiger partial charge in [0.1, 0.15) is 6.33 Å². The normalized spacial score (nSPS) is 10.7. The first-order valence-electron chi connectivity index (χ1n) is 7.44. The lowest BCUT2D eigenvalue weighted by molar-refractivity contribution is 0.102. The van der Waals surface area contributed by atoms with E-state index in [1.54, 1.807) is 21.9 Å². The molecule has 0 saturated heterocycles. The largest absolute Gasteiger partial charge is 0.289 e. The molecule has 0 saturated carbocycles. The van der Waals surface area contributed by atoms with Crippen LogP contribution in [0.25, 0.3) is 0 Å². The number of rotatable bonds is 5. The van der Waals surface area contributed by atoms with Crippen LogP contribution in [0.3, 0.4) is 0 Å². The maximum Gasteiger partial charge on any atom is 0.261 e. The molecule has 118 valence electrons. The average Bonchev–Trinajstić information content (AvgIpc) is 3.14. The van der Waals surface area contributed by atoms with Crippen molar-refractivity contribution in [3.05, 3.63) is 59.7 Å². The molecule has 0 aliphatic carbocycles. The highest BCUT2D eigenvalue weighted by atomic mass is 16.1. The van der Waals surface area contributed by atoms with E-state index in [-0.39, 0.29) is 11.9 Å². The predicted octanol–water partition coefficient (Wildman–Crippen LogP) is 2.10. The number of nitrogens with zero attached hydrogens (tertiary/aromatic N) is 5. The second-order valence-electron chi connectivity index (χ2n) is 5.16. The van der Waals surface area contributed by atoms with Crippen LogP contribution in [-0.2, 0) is 13.1 Å². The molecule has 1 N–H and O–H groups in total. The third kappa shape index (κ3) is 3.28. The van der Waals surface area contributed by atoms with Gasteiger partial charge in [-0.05, 0) is 19.4 Å². The highest BCUT2D eigenvalue weighted by Gasteiger charge is 2.15. The Morgan fingerprint density at radius 1 is 1.26 bits per heavy atom. The first-order valence-corrected chi connectivity index (χ1v) is 7.44. The third-order valence-electron chi connectivity index (χ3n) is 3.60. The zero-order valence-electron chi connectivity index (χ0n) is 13.1. The summed E-state index contributed by atoms with van der Waals surface area (Å²) in [6, 6.07) is 9.95. The zero-order chi connectivity index (χ0) is 16.2. The topological polar surface area (TPSA) is 77.6 Å². The van der Waals surface area contributed by atoms with Gasteiger partial charge in [0.05, 0.1) is 18.3 Å². The van der Waals surface area contributed by atoms with Gasteiger partial charge in [0.15, 0.2) is 0 Å². The maximum absolute atomic E-state index is 12.3. The first-order chi connectivity index (χ1) is 11.2. The highest BCUT2D eigenvalue weighted by Crippen LogP contribution is 2.10. The molecule has 7 heteroatoms. The van der Waals surface area contributed by atoms with E-state index in [4.69, 9.17) is 0 Å². The van der Waals surface area contributed by atoms with E-state index in [1.165, 1.54) is 0 Å². The predicted molar refractivity (Wildman–Crippen MR) is 86.2 cm³/mol. The lowest BCUT2D eigenvalue weighted by Crippen LogP contribution is -2.14. The van der Waals surface area contributed by atoms with Crippen molar-refractivity contribution in [1.82, 2.24) is 24.5 Å². The maximum atomic E-state index is 12.3. The second kappa shape index (κ2) is 6.43. The SMILES string of the molecule is CCn1ncc(C(=O)Nc2ncn(Cc3ccccc3)n2)c1C. The van der Waals surface area contributed by atoms with E-state index < -0.39 is 0 Å². The van der Waals surface area contributed by atoms with Gasteiger partial charge >= 0.3 is 0 Å².